The zero-order chi connectivity index (χ0) is 24.9. The lowest BCUT2D eigenvalue weighted by molar-refractivity contribution is -0.117. The molecule has 0 atom stereocenters. The second kappa shape index (κ2) is 8.57. The van der Waals surface area contributed by atoms with E-state index in [-0.39, 0.29) is 28.8 Å². The monoisotopic (exact) mass is 476 g/mol. The van der Waals surface area contributed by atoms with E-state index in [1.165, 1.54) is 30.0 Å². The Morgan fingerprint density at radius 2 is 1.80 bits per heavy atom. The van der Waals surface area contributed by atoms with Crippen LogP contribution in [-0.4, -0.2) is 42.5 Å². The molecule has 2 aliphatic heterocycles. The van der Waals surface area contributed by atoms with E-state index >= 15 is 0 Å². The van der Waals surface area contributed by atoms with E-state index in [4.69, 9.17) is 10.5 Å². The fraction of sp³-hybridized carbons (Fsp3) is 0.269. The summed E-state index contributed by atoms with van der Waals surface area (Å²) in [7, 11) is 1.37. The van der Waals surface area contributed by atoms with Crippen molar-refractivity contribution < 1.29 is 23.5 Å². The summed E-state index contributed by atoms with van der Waals surface area (Å²) in [5.74, 6) is -1.38. The molecule has 0 radical (unpaired) electrons. The van der Waals surface area contributed by atoms with Crippen LogP contribution < -0.4 is 20.3 Å². The first kappa shape index (κ1) is 22.6. The van der Waals surface area contributed by atoms with Crippen molar-refractivity contribution in [2.24, 2.45) is 5.73 Å². The number of ether oxygens (including phenoxy) is 1. The number of amides is 3. The van der Waals surface area contributed by atoms with Crippen LogP contribution in [0.5, 0.6) is 5.75 Å². The zero-order valence-electron chi connectivity index (χ0n) is 19.5. The minimum absolute atomic E-state index is 0.0740. The van der Waals surface area contributed by atoms with Crippen molar-refractivity contribution in [3.05, 3.63) is 70.8 Å². The predicted octanol–water partition coefficient (Wildman–Crippen LogP) is 3.36. The summed E-state index contributed by atoms with van der Waals surface area (Å²) in [5, 5.41) is 0. The molecule has 0 unspecified atom stereocenters. The lowest BCUT2D eigenvalue weighted by atomic mass is 10.0. The number of fused-ring (bicyclic) bond motifs is 1. The fourth-order valence-electron chi connectivity index (χ4n) is 4.96. The average molecular weight is 477 g/mol. The first-order valence-corrected chi connectivity index (χ1v) is 11.4. The molecular formula is C26H25FN4O4. The van der Waals surface area contributed by atoms with E-state index in [2.05, 4.69) is 0 Å². The number of aryl methyl sites for hydroxylation is 1. The highest BCUT2D eigenvalue weighted by Gasteiger charge is 2.34. The van der Waals surface area contributed by atoms with Crippen LogP contribution in [0.1, 0.15) is 44.8 Å². The van der Waals surface area contributed by atoms with E-state index < -0.39 is 11.7 Å². The van der Waals surface area contributed by atoms with Gasteiger partial charge in [-0.1, -0.05) is 0 Å². The second-order valence-electron chi connectivity index (χ2n) is 8.75. The zero-order valence-corrected chi connectivity index (χ0v) is 19.5. The summed E-state index contributed by atoms with van der Waals surface area (Å²) in [6, 6.07) is 9.91. The highest BCUT2D eigenvalue weighted by Crippen LogP contribution is 2.34. The largest absolute Gasteiger partial charge is 0.494 e. The number of primary amides is 1. The van der Waals surface area contributed by atoms with Crippen LogP contribution in [0.3, 0.4) is 0 Å². The molecule has 3 heterocycles. The number of methoxy groups -OCH3 is 1. The van der Waals surface area contributed by atoms with Crippen molar-refractivity contribution in [3.8, 4) is 11.4 Å². The maximum absolute atomic E-state index is 14.5. The lowest BCUT2D eigenvalue weighted by Crippen LogP contribution is -2.39. The van der Waals surface area contributed by atoms with Crippen LogP contribution in [0.2, 0.25) is 0 Å². The van der Waals surface area contributed by atoms with Crippen LogP contribution in [-0.2, 0) is 11.2 Å². The van der Waals surface area contributed by atoms with Crippen molar-refractivity contribution in [1.29, 1.82) is 0 Å². The third kappa shape index (κ3) is 3.73. The number of carbonyl (C=O) groups excluding carboxylic acids is 3. The number of halogens is 1. The Bertz CT molecular complexity index is 1380. The first-order valence-electron chi connectivity index (χ1n) is 11.4. The van der Waals surface area contributed by atoms with Crippen LogP contribution >= 0.6 is 0 Å². The van der Waals surface area contributed by atoms with E-state index in [0.717, 1.165) is 17.7 Å². The van der Waals surface area contributed by atoms with E-state index in [1.807, 2.05) is 25.1 Å². The molecular weight excluding hydrogens is 451 g/mol. The second-order valence-corrected chi connectivity index (χ2v) is 8.75. The van der Waals surface area contributed by atoms with Gasteiger partial charge in [0.2, 0.25) is 5.91 Å². The molecule has 9 heteroatoms. The molecule has 3 amide bonds. The molecule has 8 nitrogen and oxygen atoms in total. The number of hydrogen-bond acceptors (Lipinski definition) is 4. The van der Waals surface area contributed by atoms with Gasteiger partial charge in [-0.05, 0) is 61.2 Å². The van der Waals surface area contributed by atoms with Gasteiger partial charge in [-0.3, -0.25) is 14.4 Å². The van der Waals surface area contributed by atoms with Gasteiger partial charge in [0, 0.05) is 48.8 Å². The molecule has 3 aromatic rings. The molecule has 2 N–H and O–H groups in total. The number of nitrogens with two attached hydrogens (primary N) is 1. The van der Waals surface area contributed by atoms with Gasteiger partial charge in [0.1, 0.15) is 5.69 Å². The molecule has 2 aromatic carbocycles. The molecule has 35 heavy (non-hydrogen) atoms. The highest BCUT2D eigenvalue weighted by atomic mass is 19.1. The van der Waals surface area contributed by atoms with Gasteiger partial charge in [0.05, 0.1) is 12.7 Å². The van der Waals surface area contributed by atoms with Gasteiger partial charge < -0.3 is 24.8 Å². The predicted molar refractivity (Wildman–Crippen MR) is 129 cm³/mol. The topological polar surface area (TPSA) is 97.9 Å². The molecule has 180 valence electrons. The third-order valence-corrected chi connectivity index (χ3v) is 6.68. The van der Waals surface area contributed by atoms with Crippen LogP contribution in [0, 0.1) is 12.7 Å². The van der Waals surface area contributed by atoms with Gasteiger partial charge in [0.15, 0.2) is 11.6 Å². The third-order valence-electron chi connectivity index (χ3n) is 6.68. The van der Waals surface area contributed by atoms with Crippen molar-refractivity contribution in [2.45, 2.75) is 26.2 Å². The van der Waals surface area contributed by atoms with E-state index in [9.17, 15) is 18.8 Å². The van der Waals surface area contributed by atoms with Crippen LogP contribution in [0.4, 0.5) is 15.8 Å². The minimum Gasteiger partial charge on any atom is -0.494 e. The Labute approximate surface area is 201 Å². The Balaban J connectivity index is 1.55. The summed E-state index contributed by atoms with van der Waals surface area (Å²) in [6.45, 7) is 2.96. The Hall–Kier alpha value is -4.14. The first-order chi connectivity index (χ1) is 16.8. The van der Waals surface area contributed by atoms with Crippen molar-refractivity contribution >= 4 is 29.1 Å². The van der Waals surface area contributed by atoms with Crippen LogP contribution in [0.25, 0.3) is 5.69 Å². The normalized spacial score (nSPS) is 15.5. The molecule has 1 aromatic heterocycles. The van der Waals surface area contributed by atoms with Crippen molar-refractivity contribution in [2.75, 3.05) is 30.0 Å². The van der Waals surface area contributed by atoms with E-state index in [0.29, 0.717) is 42.9 Å². The fourth-order valence-corrected chi connectivity index (χ4v) is 4.96. The van der Waals surface area contributed by atoms with E-state index in [1.54, 1.807) is 15.9 Å². The van der Waals surface area contributed by atoms with Crippen LogP contribution in [0.15, 0.2) is 42.6 Å². The minimum atomic E-state index is -0.647. The summed E-state index contributed by atoms with van der Waals surface area (Å²) < 4.78 is 21.0. The number of anilines is 2. The Morgan fingerprint density at radius 1 is 1.03 bits per heavy atom. The number of benzene rings is 2. The number of nitrogens with zero attached hydrogens (tertiary/aromatic N) is 3. The van der Waals surface area contributed by atoms with Gasteiger partial charge in [-0.2, -0.15) is 0 Å². The molecule has 2 aliphatic rings. The molecule has 0 spiro atoms. The summed E-state index contributed by atoms with van der Waals surface area (Å²) >= 11 is 0. The maximum Gasteiger partial charge on any atom is 0.275 e. The molecule has 0 aliphatic carbocycles. The molecule has 5 rings (SSSR count). The number of aromatic nitrogens is 1. The average Bonchev–Trinajstić information content (AvgIpc) is 3.43. The quantitative estimate of drug-likeness (QED) is 0.611. The molecule has 1 saturated heterocycles. The number of rotatable bonds is 5. The highest BCUT2D eigenvalue weighted by molar-refractivity contribution is 6.10. The molecule has 0 saturated carbocycles. The summed E-state index contributed by atoms with van der Waals surface area (Å²) in [6.07, 6.45) is 3.28. The van der Waals surface area contributed by atoms with Gasteiger partial charge in [-0.15, -0.1) is 0 Å². The molecule has 0 bridgehead atoms. The number of hydrogen-bond donors (Lipinski definition) is 1. The van der Waals surface area contributed by atoms with Gasteiger partial charge in [0.25, 0.3) is 11.8 Å². The smallest absolute Gasteiger partial charge is 0.275 e. The van der Waals surface area contributed by atoms with Gasteiger partial charge >= 0.3 is 0 Å². The number of carbonyl (C=O) groups is 3. The lowest BCUT2D eigenvalue weighted by Gasteiger charge is -2.29. The summed E-state index contributed by atoms with van der Waals surface area (Å²) in [5.41, 5.74) is 9.45. The molecule has 1 fully saturated rings. The summed E-state index contributed by atoms with van der Waals surface area (Å²) in [4.78, 5) is 41.5. The van der Waals surface area contributed by atoms with Gasteiger partial charge in [-0.25, -0.2) is 4.39 Å². The Morgan fingerprint density at radius 3 is 2.43 bits per heavy atom. The van der Waals surface area contributed by atoms with Crippen molar-refractivity contribution in [3.63, 3.8) is 0 Å². The maximum atomic E-state index is 14.5. The standard InChI is InChI=1S/C26H25FN4O4/c1-15-12-16(5-7-21(15)30-10-3-4-23(30)32)29-11-9-18-19(25(28)33)14-31(24(18)26(29)34)17-6-8-22(35-2)20(27)13-17/h5-8,12-14H,3-4,9-11H2,1-2H3,(H2,28,33). The van der Waals surface area contributed by atoms with Crippen molar-refractivity contribution in [1.82, 2.24) is 4.57 Å². The Kier molecular flexibility index (Phi) is 5.55. The SMILES string of the molecule is COc1ccc(-n2cc(C(N)=O)c3c2C(=O)N(c2ccc(N4CCCC4=O)c(C)c2)CC3)cc1F.